The first kappa shape index (κ1) is 53.7. The second kappa shape index (κ2) is 23.1. The van der Waals surface area contributed by atoms with E-state index < -0.39 is 70.4 Å². The molecule has 4 heterocycles. The number of anilines is 3. The van der Waals surface area contributed by atoms with Crippen LogP contribution in [-0.2, 0) is 18.5 Å². The number of carbonyl (C=O) groups excluding carboxylic acids is 4. The fraction of sp³-hybridized carbons (Fsp3) is 0.229. The highest BCUT2D eigenvalue weighted by molar-refractivity contribution is 6.06. The molecular formula is C48H41F9N10O6. The number of carbonyl (C=O) groups is 5. The Labute approximate surface area is 408 Å². The Bertz CT molecular complexity index is 2930. The molecule has 16 nitrogen and oxygen atoms in total. The fourth-order valence-electron chi connectivity index (χ4n) is 7.51. The maximum atomic E-state index is 13.3. The zero-order valence-corrected chi connectivity index (χ0v) is 37.8. The zero-order chi connectivity index (χ0) is 53.1. The van der Waals surface area contributed by atoms with Gasteiger partial charge in [-0.3, -0.25) is 19.2 Å². The number of alkyl halides is 9. The number of carboxylic acids is 1. The average molecular weight is 1020 g/mol. The van der Waals surface area contributed by atoms with Gasteiger partial charge in [-0.1, -0.05) is 48.5 Å². The number of aromatic nitrogens is 4. The molecule has 2 aliphatic rings. The maximum absolute atomic E-state index is 13.3. The van der Waals surface area contributed by atoms with Crippen molar-refractivity contribution in [3.63, 3.8) is 0 Å². The van der Waals surface area contributed by atoms with Gasteiger partial charge in [0.25, 0.3) is 17.7 Å². The van der Waals surface area contributed by atoms with Crippen LogP contribution in [0.4, 0.5) is 56.6 Å². The summed E-state index contributed by atoms with van der Waals surface area (Å²) >= 11 is 0. The lowest BCUT2D eigenvalue weighted by Crippen LogP contribution is -2.49. The number of nitrogens with one attached hydrogen (secondary N) is 1. The van der Waals surface area contributed by atoms with E-state index in [0.717, 1.165) is 36.4 Å². The van der Waals surface area contributed by atoms with Crippen molar-refractivity contribution in [2.24, 2.45) is 5.73 Å². The lowest BCUT2D eigenvalue weighted by atomic mass is 10.1. The number of piperazine rings is 2. The van der Waals surface area contributed by atoms with Gasteiger partial charge < -0.3 is 35.8 Å². The Morgan fingerprint density at radius 3 is 1.40 bits per heavy atom. The average Bonchev–Trinajstić information content (AvgIpc) is 3.38. The molecule has 8 rings (SSSR count). The van der Waals surface area contributed by atoms with E-state index >= 15 is 0 Å². The van der Waals surface area contributed by atoms with Crippen molar-refractivity contribution in [3.8, 4) is 0 Å². The fourth-order valence-corrected chi connectivity index (χ4v) is 7.51. The molecule has 0 bridgehead atoms. The van der Waals surface area contributed by atoms with E-state index in [0.29, 0.717) is 30.2 Å². The largest absolute Gasteiger partial charge is 0.476 e. The van der Waals surface area contributed by atoms with Crippen LogP contribution in [0.5, 0.6) is 0 Å². The smallest absolute Gasteiger partial charge is 0.417 e. The molecule has 0 radical (unpaired) electrons. The molecule has 4 N–H and O–H groups in total. The minimum atomic E-state index is -4.62. The molecule has 6 aromatic rings. The summed E-state index contributed by atoms with van der Waals surface area (Å²) in [5.74, 6) is -3.89. The summed E-state index contributed by atoms with van der Waals surface area (Å²) in [6, 6.07) is 25.5. The molecule has 2 aliphatic heterocycles. The molecule has 73 heavy (non-hydrogen) atoms. The molecular weight excluding hydrogens is 984 g/mol. The third-order valence-corrected chi connectivity index (χ3v) is 11.1. The van der Waals surface area contributed by atoms with Crippen LogP contribution in [0.15, 0.2) is 128 Å². The van der Waals surface area contributed by atoms with Crippen molar-refractivity contribution in [1.29, 1.82) is 0 Å². The predicted molar refractivity (Wildman–Crippen MR) is 245 cm³/mol. The molecule has 2 saturated heterocycles. The van der Waals surface area contributed by atoms with Gasteiger partial charge in [0.15, 0.2) is 11.4 Å². The Morgan fingerprint density at radius 2 is 0.959 bits per heavy atom. The van der Waals surface area contributed by atoms with Gasteiger partial charge in [0, 0.05) is 63.6 Å². The highest BCUT2D eigenvalue weighted by Crippen LogP contribution is 2.35. The molecule has 0 unspecified atom stereocenters. The molecule has 0 spiro atoms. The summed E-state index contributed by atoms with van der Waals surface area (Å²) in [7, 11) is 0. The zero-order valence-electron chi connectivity index (χ0n) is 37.8. The number of primary amides is 1. The first-order valence-corrected chi connectivity index (χ1v) is 21.7. The van der Waals surface area contributed by atoms with Crippen molar-refractivity contribution in [2.75, 3.05) is 67.5 Å². The number of carboxylic acid groups (broad SMARTS) is 1. The summed E-state index contributed by atoms with van der Waals surface area (Å²) < 4.78 is 116. The van der Waals surface area contributed by atoms with E-state index in [1.165, 1.54) is 64.7 Å². The van der Waals surface area contributed by atoms with E-state index in [1.807, 2.05) is 11.0 Å². The van der Waals surface area contributed by atoms with E-state index in [1.54, 1.807) is 35.2 Å². The summed E-state index contributed by atoms with van der Waals surface area (Å²) in [6.07, 6.45) is -10.8. The van der Waals surface area contributed by atoms with Crippen LogP contribution in [-0.4, -0.2) is 117 Å². The van der Waals surface area contributed by atoms with Crippen LogP contribution in [0.3, 0.4) is 0 Å². The van der Waals surface area contributed by atoms with Crippen molar-refractivity contribution >= 4 is 46.7 Å². The number of amides is 4. The van der Waals surface area contributed by atoms with Crippen LogP contribution in [0, 0.1) is 0 Å². The van der Waals surface area contributed by atoms with E-state index in [9.17, 15) is 68.6 Å². The van der Waals surface area contributed by atoms with E-state index in [4.69, 9.17) is 5.73 Å². The molecule has 382 valence electrons. The summed E-state index contributed by atoms with van der Waals surface area (Å²) in [5, 5.41) is 26.9. The topological polar surface area (TPSA) is 208 Å². The van der Waals surface area contributed by atoms with Crippen LogP contribution in [0.25, 0.3) is 0 Å². The number of benzene rings is 4. The summed E-state index contributed by atoms with van der Waals surface area (Å²) in [5.41, 5.74) is 2.56. The van der Waals surface area contributed by atoms with Crippen LogP contribution < -0.4 is 20.9 Å². The Balaban J connectivity index is 0.000000195. The van der Waals surface area contributed by atoms with E-state index in [2.05, 4.69) is 25.7 Å². The van der Waals surface area contributed by atoms with Crippen molar-refractivity contribution in [2.45, 2.75) is 18.5 Å². The number of rotatable bonds is 8. The van der Waals surface area contributed by atoms with Gasteiger partial charge in [-0.2, -0.15) is 49.7 Å². The van der Waals surface area contributed by atoms with Gasteiger partial charge in [-0.25, -0.2) is 4.79 Å². The highest BCUT2D eigenvalue weighted by atomic mass is 19.4. The molecule has 0 saturated carbocycles. The number of halogens is 9. The van der Waals surface area contributed by atoms with Crippen LogP contribution in [0.1, 0.15) is 68.7 Å². The normalized spacial score (nSPS) is 13.9. The second-order valence-corrected chi connectivity index (χ2v) is 15.7. The minimum absolute atomic E-state index is 0.128. The SMILES string of the molecule is NC(=O)c1cccc(C(F)(F)F)c1.O=C(Nc1ccccc1)c1nnccc1N1CCN(C(=O)c2ccccc2C(F)(F)F)CC1.O=C(O)c1nnccc1N1CCN(C(=O)c2ccccc2C(F)(F)F)CC1. The highest BCUT2D eigenvalue weighted by Gasteiger charge is 2.38. The second-order valence-electron chi connectivity index (χ2n) is 15.7. The lowest BCUT2D eigenvalue weighted by Gasteiger charge is -2.36. The quantitative estimate of drug-likeness (QED) is 0.126. The number of hydrogen-bond acceptors (Lipinski definition) is 11. The molecule has 4 amide bonds. The number of aromatic carboxylic acids is 1. The Hall–Kier alpha value is -8.64. The minimum Gasteiger partial charge on any atom is -0.476 e. The Kier molecular flexibility index (Phi) is 17.0. The molecule has 2 fully saturated rings. The van der Waals surface area contributed by atoms with Crippen molar-refractivity contribution in [1.82, 2.24) is 30.2 Å². The van der Waals surface area contributed by atoms with Crippen molar-refractivity contribution in [3.05, 3.63) is 172 Å². The molecule has 25 heteroatoms. The van der Waals surface area contributed by atoms with Crippen LogP contribution in [0.2, 0.25) is 0 Å². The molecule has 2 aromatic heterocycles. The number of para-hydroxylation sites is 1. The van der Waals surface area contributed by atoms with Gasteiger partial charge in [-0.05, 0) is 66.7 Å². The predicted octanol–water partition coefficient (Wildman–Crippen LogP) is 7.67. The summed E-state index contributed by atoms with van der Waals surface area (Å²) in [6.45, 7) is 1.92. The number of nitrogens with two attached hydrogens (primary N) is 1. The lowest BCUT2D eigenvalue weighted by molar-refractivity contribution is -0.138. The van der Waals surface area contributed by atoms with Crippen molar-refractivity contribution < 1.29 is 68.6 Å². The van der Waals surface area contributed by atoms with Gasteiger partial charge >= 0.3 is 24.5 Å². The summed E-state index contributed by atoms with van der Waals surface area (Å²) in [4.78, 5) is 66.2. The number of nitrogens with zero attached hydrogens (tertiary/aromatic N) is 8. The molecule has 0 aliphatic carbocycles. The maximum Gasteiger partial charge on any atom is 0.417 e. The first-order valence-electron chi connectivity index (χ1n) is 21.7. The monoisotopic (exact) mass is 1020 g/mol. The van der Waals surface area contributed by atoms with E-state index in [-0.39, 0.29) is 61.8 Å². The Morgan fingerprint density at radius 1 is 0.521 bits per heavy atom. The third-order valence-electron chi connectivity index (χ3n) is 11.1. The van der Waals surface area contributed by atoms with Crippen LogP contribution >= 0.6 is 0 Å². The third kappa shape index (κ3) is 13.8. The van der Waals surface area contributed by atoms with Gasteiger partial charge in [0.1, 0.15) is 0 Å². The standard InChI is InChI=1S/C23H20F3N5O2.C17H15F3N4O3.C8H6F3NO/c24-23(25,26)18-9-5-4-8-17(18)22(33)31-14-12-30(13-15-31)19-10-11-27-29-20(19)21(32)28-16-6-2-1-3-7-16;18-17(19,20)12-4-2-1-3-11(12)15(25)24-9-7-23(8-10-24)13-5-6-21-22-14(13)16(26)27;9-8(10,11)6-3-1-2-5(4-6)7(12)13/h1-11H,12-15H2,(H,28,32);1-6H,7-10H2,(H,26,27);1-4H,(H2,12,13). The molecule has 4 aromatic carbocycles. The van der Waals surface area contributed by atoms with Gasteiger partial charge in [-0.15, -0.1) is 10.2 Å². The van der Waals surface area contributed by atoms with Gasteiger partial charge in [0.05, 0.1) is 51.6 Å². The first-order chi connectivity index (χ1) is 34.5. The van der Waals surface area contributed by atoms with Gasteiger partial charge in [0.2, 0.25) is 5.91 Å². The number of hydrogen-bond donors (Lipinski definition) is 3. The molecule has 0 atom stereocenters.